The first-order chi connectivity index (χ1) is 8.41. The second kappa shape index (κ2) is 6.18. The van der Waals surface area contributed by atoms with Crippen LogP contribution in [0.5, 0.6) is 5.75 Å². The Labute approximate surface area is 107 Å². The molecule has 1 aromatic rings. The van der Waals surface area contributed by atoms with Gasteiger partial charge in [-0.05, 0) is 6.07 Å². The fourth-order valence-corrected chi connectivity index (χ4v) is 1.31. The monoisotopic (exact) mass is 274 g/mol. The molecule has 1 aromatic carbocycles. The lowest BCUT2D eigenvalue weighted by Crippen LogP contribution is -2.31. The summed E-state index contributed by atoms with van der Waals surface area (Å²) in [5, 5.41) is 19.3. The predicted molar refractivity (Wildman–Crippen MR) is 63.8 cm³/mol. The zero-order valence-corrected chi connectivity index (χ0v) is 9.96. The minimum Gasteiger partial charge on any atom is -0.492 e. The van der Waals surface area contributed by atoms with Crippen molar-refractivity contribution in [2.75, 3.05) is 6.61 Å². The molecule has 98 valence electrons. The maximum Gasteiger partial charge on any atom is 0.320 e. The number of nitro groups is 1. The minimum atomic E-state index is -1.14. The Bertz CT molecular complexity index is 466. The summed E-state index contributed by atoms with van der Waals surface area (Å²) in [6.07, 6.45) is 0.0777. The number of nitro benzene ring substituents is 1. The van der Waals surface area contributed by atoms with Gasteiger partial charge in [-0.25, -0.2) is 0 Å². The third kappa shape index (κ3) is 3.86. The molecular formula is C10H11ClN2O5. The van der Waals surface area contributed by atoms with E-state index in [-0.39, 0.29) is 29.5 Å². The van der Waals surface area contributed by atoms with E-state index in [1.54, 1.807) is 0 Å². The lowest BCUT2D eigenvalue weighted by atomic mass is 10.2. The maximum absolute atomic E-state index is 10.5. The van der Waals surface area contributed by atoms with Crippen LogP contribution in [0.1, 0.15) is 6.42 Å². The normalized spacial score (nSPS) is 11.9. The lowest BCUT2D eigenvalue weighted by molar-refractivity contribution is -0.384. The summed E-state index contributed by atoms with van der Waals surface area (Å²) in [5.74, 6) is -1.01. The number of carboxylic acids is 1. The number of nitrogens with two attached hydrogens (primary N) is 1. The number of nitrogens with zero attached hydrogens (tertiary/aromatic N) is 1. The molecule has 18 heavy (non-hydrogen) atoms. The van der Waals surface area contributed by atoms with E-state index in [0.717, 1.165) is 0 Å². The minimum absolute atomic E-state index is 0.00829. The molecule has 0 saturated heterocycles. The van der Waals surface area contributed by atoms with Crippen LogP contribution in [0.25, 0.3) is 0 Å². The van der Waals surface area contributed by atoms with Gasteiger partial charge in [0.2, 0.25) is 0 Å². The van der Waals surface area contributed by atoms with Crippen LogP contribution in [-0.2, 0) is 4.79 Å². The van der Waals surface area contributed by atoms with Gasteiger partial charge in [-0.2, -0.15) is 0 Å². The highest BCUT2D eigenvalue weighted by atomic mass is 35.5. The predicted octanol–water partition coefficient (Wildman–Crippen LogP) is 1.43. The zero-order valence-electron chi connectivity index (χ0n) is 9.21. The van der Waals surface area contributed by atoms with Crippen LogP contribution >= 0.6 is 11.6 Å². The molecule has 0 fully saturated rings. The molecule has 1 atom stereocenters. The fraction of sp³-hybridized carbons (Fsp3) is 0.300. The highest BCUT2D eigenvalue weighted by Gasteiger charge is 2.13. The molecule has 7 nitrogen and oxygen atoms in total. The van der Waals surface area contributed by atoms with E-state index in [0.29, 0.717) is 0 Å². The molecule has 3 N–H and O–H groups in total. The first-order valence-electron chi connectivity index (χ1n) is 4.97. The zero-order chi connectivity index (χ0) is 13.7. The number of rotatable bonds is 6. The summed E-state index contributed by atoms with van der Waals surface area (Å²) in [7, 11) is 0. The van der Waals surface area contributed by atoms with Crippen LogP contribution in [0.15, 0.2) is 18.2 Å². The number of non-ortho nitro benzene ring substituents is 1. The molecule has 8 heteroatoms. The first kappa shape index (κ1) is 14.2. The summed E-state index contributed by atoms with van der Waals surface area (Å²) in [5.41, 5.74) is 5.12. The molecule has 0 amide bonds. The van der Waals surface area contributed by atoms with Crippen molar-refractivity contribution in [3.05, 3.63) is 33.3 Å². The molecule has 0 aliphatic rings. The Morgan fingerprint density at radius 1 is 1.61 bits per heavy atom. The molecule has 1 unspecified atom stereocenters. The Morgan fingerprint density at radius 3 is 2.83 bits per heavy atom. The van der Waals surface area contributed by atoms with Crippen molar-refractivity contribution >= 4 is 23.3 Å². The Kier molecular flexibility index (Phi) is 4.87. The summed E-state index contributed by atoms with van der Waals surface area (Å²) in [6.45, 7) is 0.00829. The van der Waals surface area contributed by atoms with Crippen molar-refractivity contribution in [2.24, 2.45) is 5.73 Å². The molecule has 0 aliphatic heterocycles. The standard InChI is InChI=1S/C10H11ClN2O5/c11-7-2-1-6(13(16)17)5-9(7)18-4-3-8(12)10(14)15/h1-2,5,8H,3-4,12H2,(H,14,15). The molecule has 0 aliphatic carbocycles. The smallest absolute Gasteiger partial charge is 0.320 e. The van der Waals surface area contributed by atoms with Gasteiger partial charge in [0.05, 0.1) is 22.6 Å². The van der Waals surface area contributed by atoms with Crippen molar-refractivity contribution in [3.8, 4) is 5.75 Å². The van der Waals surface area contributed by atoms with E-state index in [1.165, 1.54) is 18.2 Å². The second-order valence-electron chi connectivity index (χ2n) is 3.45. The van der Waals surface area contributed by atoms with Gasteiger partial charge in [-0.1, -0.05) is 11.6 Å². The van der Waals surface area contributed by atoms with Gasteiger partial charge in [-0.3, -0.25) is 14.9 Å². The van der Waals surface area contributed by atoms with Gasteiger partial charge in [0.15, 0.2) is 0 Å². The Balaban J connectivity index is 2.64. The summed E-state index contributed by atoms with van der Waals surface area (Å²) in [6, 6.07) is 2.72. The summed E-state index contributed by atoms with van der Waals surface area (Å²) in [4.78, 5) is 20.4. The maximum atomic E-state index is 10.5. The van der Waals surface area contributed by atoms with Crippen LogP contribution in [0.3, 0.4) is 0 Å². The first-order valence-corrected chi connectivity index (χ1v) is 5.34. The van der Waals surface area contributed by atoms with Gasteiger partial charge in [0.1, 0.15) is 11.8 Å². The average molecular weight is 275 g/mol. The highest BCUT2D eigenvalue weighted by Crippen LogP contribution is 2.28. The molecule has 0 bridgehead atoms. The summed E-state index contributed by atoms with van der Waals surface area (Å²) >= 11 is 5.78. The van der Waals surface area contributed by atoms with Crippen LogP contribution in [0.2, 0.25) is 5.02 Å². The van der Waals surface area contributed by atoms with Crippen molar-refractivity contribution in [3.63, 3.8) is 0 Å². The van der Waals surface area contributed by atoms with Crippen LogP contribution in [0, 0.1) is 10.1 Å². The van der Waals surface area contributed by atoms with E-state index in [9.17, 15) is 14.9 Å². The van der Waals surface area contributed by atoms with Crippen molar-refractivity contribution < 1.29 is 19.6 Å². The van der Waals surface area contributed by atoms with E-state index >= 15 is 0 Å². The van der Waals surface area contributed by atoms with Crippen LogP contribution in [0.4, 0.5) is 5.69 Å². The number of benzene rings is 1. The average Bonchev–Trinajstić information content (AvgIpc) is 2.30. The van der Waals surface area contributed by atoms with Crippen LogP contribution < -0.4 is 10.5 Å². The summed E-state index contributed by atoms with van der Waals surface area (Å²) < 4.78 is 5.17. The SMILES string of the molecule is NC(CCOc1cc([N+](=O)[O-])ccc1Cl)C(=O)O. The molecule has 0 saturated carbocycles. The van der Waals surface area contributed by atoms with Gasteiger partial charge < -0.3 is 15.6 Å². The molecule has 0 radical (unpaired) electrons. The Morgan fingerprint density at radius 2 is 2.28 bits per heavy atom. The lowest BCUT2D eigenvalue weighted by Gasteiger charge is -2.09. The van der Waals surface area contributed by atoms with E-state index in [2.05, 4.69) is 0 Å². The molecule has 1 rings (SSSR count). The van der Waals surface area contributed by atoms with Gasteiger partial charge >= 0.3 is 5.97 Å². The number of ether oxygens (including phenoxy) is 1. The number of carboxylic acid groups (broad SMARTS) is 1. The van der Waals surface area contributed by atoms with E-state index < -0.39 is 16.9 Å². The van der Waals surface area contributed by atoms with Gasteiger partial charge in [-0.15, -0.1) is 0 Å². The quantitative estimate of drug-likeness (QED) is 0.599. The molecule has 0 spiro atoms. The van der Waals surface area contributed by atoms with Crippen molar-refractivity contribution in [2.45, 2.75) is 12.5 Å². The number of hydrogen-bond donors (Lipinski definition) is 2. The topological polar surface area (TPSA) is 116 Å². The second-order valence-corrected chi connectivity index (χ2v) is 3.86. The van der Waals surface area contributed by atoms with E-state index in [1.807, 2.05) is 0 Å². The Hall–Kier alpha value is -1.86. The van der Waals surface area contributed by atoms with E-state index in [4.69, 9.17) is 27.2 Å². The van der Waals surface area contributed by atoms with Gasteiger partial charge in [0, 0.05) is 12.5 Å². The van der Waals surface area contributed by atoms with Crippen molar-refractivity contribution in [1.82, 2.24) is 0 Å². The molecular weight excluding hydrogens is 264 g/mol. The largest absolute Gasteiger partial charge is 0.492 e. The highest BCUT2D eigenvalue weighted by molar-refractivity contribution is 6.32. The third-order valence-corrected chi connectivity index (χ3v) is 2.44. The van der Waals surface area contributed by atoms with Crippen LogP contribution in [-0.4, -0.2) is 28.6 Å². The molecule has 0 aromatic heterocycles. The van der Waals surface area contributed by atoms with Crippen molar-refractivity contribution in [1.29, 1.82) is 0 Å². The number of aliphatic carboxylic acids is 1. The van der Waals surface area contributed by atoms with Gasteiger partial charge in [0.25, 0.3) is 5.69 Å². The fourth-order valence-electron chi connectivity index (χ4n) is 1.14. The number of halogens is 1. The number of hydrogen-bond acceptors (Lipinski definition) is 5. The number of carbonyl (C=O) groups is 1. The third-order valence-electron chi connectivity index (χ3n) is 2.13. The molecule has 0 heterocycles.